The maximum Gasteiger partial charge on any atom is 0.317 e. The molecular weight excluding hydrogens is 338 g/mol. The number of carboxylic acid groups (broad SMARTS) is 1. The molecule has 21 heavy (non-hydrogen) atoms. The highest BCUT2D eigenvalue weighted by atomic mass is 79.9. The average molecular weight is 358 g/mol. The number of nitrogens with zero attached hydrogens (tertiary/aromatic N) is 1. The molecule has 0 bridgehead atoms. The van der Waals surface area contributed by atoms with Crippen LogP contribution in [0.4, 0.5) is 0 Å². The lowest BCUT2D eigenvalue weighted by Crippen LogP contribution is -2.30. The predicted octanol–water partition coefficient (Wildman–Crippen LogP) is 2.91. The summed E-state index contributed by atoms with van der Waals surface area (Å²) in [5.74, 6) is 0.650. The van der Waals surface area contributed by atoms with Crippen molar-refractivity contribution in [1.29, 1.82) is 0 Å². The molecule has 0 fully saturated rings. The zero-order chi connectivity index (χ0) is 15.2. The van der Waals surface area contributed by atoms with Gasteiger partial charge < -0.3 is 14.6 Å². The van der Waals surface area contributed by atoms with E-state index in [4.69, 9.17) is 14.6 Å². The third-order valence-corrected chi connectivity index (χ3v) is 3.76. The van der Waals surface area contributed by atoms with Gasteiger partial charge in [-0.1, -0.05) is 6.92 Å². The fourth-order valence-corrected chi connectivity index (χ4v) is 2.96. The molecule has 1 aromatic carbocycles. The van der Waals surface area contributed by atoms with Gasteiger partial charge in [-0.25, -0.2) is 0 Å². The number of benzene rings is 1. The summed E-state index contributed by atoms with van der Waals surface area (Å²) in [6.45, 7) is 4.69. The number of hydrogen-bond donors (Lipinski definition) is 1. The van der Waals surface area contributed by atoms with E-state index in [0.29, 0.717) is 19.8 Å². The Labute approximate surface area is 133 Å². The number of halogens is 1. The molecule has 0 aliphatic carbocycles. The first-order valence-corrected chi connectivity index (χ1v) is 7.91. The quantitative estimate of drug-likeness (QED) is 0.848. The van der Waals surface area contributed by atoms with E-state index in [1.54, 1.807) is 0 Å². The van der Waals surface area contributed by atoms with E-state index >= 15 is 0 Å². The summed E-state index contributed by atoms with van der Waals surface area (Å²) in [6, 6.07) is 3.91. The van der Waals surface area contributed by atoms with E-state index < -0.39 is 5.97 Å². The maximum atomic E-state index is 10.9. The summed E-state index contributed by atoms with van der Waals surface area (Å²) in [5, 5.41) is 8.98. The maximum absolute atomic E-state index is 10.9. The second-order valence-corrected chi connectivity index (χ2v) is 5.91. The van der Waals surface area contributed by atoms with Crippen molar-refractivity contribution in [2.24, 2.45) is 0 Å². The second kappa shape index (κ2) is 7.66. The fourth-order valence-electron chi connectivity index (χ4n) is 2.36. The number of fused-ring (bicyclic) bond motifs is 1. The van der Waals surface area contributed by atoms with Crippen LogP contribution >= 0.6 is 15.9 Å². The first kappa shape index (κ1) is 16.1. The van der Waals surface area contributed by atoms with Crippen molar-refractivity contribution < 1.29 is 19.4 Å². The standard InChI is InChI=1S/C15H20BrNO4/c1-2-4-17(10-14(18)19)9-11-7-12(16)15-13(8-11)20-5-3-6-21-15/h7-8H,2-6,9-10H2,1H3,(H,18,19). The Balaban J connectivity index is 2.17. The highest BCUT2D eigenvalue weighted by Gasteiger charge is 2.17. The Morgan fingerprint density at radius 3 is 2.86 bits per heavy atom. The monoisotopic (exact) mass is 357 g/mol. The van der Waals surface area contributed by atoms with Gasteiger partial charge in [0.2, 0.25) is 0 Å². The molecule has 6 heteroatoms. The minimum atomic E-state index is -0.808. The van der Waals surface area contributed by atoms with Crippen LogP contribution in [0.3, 0.4) is 0 Å². The molecule has 0 aromatic heterocycles. The molecule has 0 saturated carbocycles. The smallest absolute Gasteiger partial charge is 0.317 e. The molecule has 0 atom stereocenters. The largest absolute Gasteiger partial charge is 0.490 e. The lowest BCUT2D eigenvalue weighted by molar-refractivity contribution is -0.138. The molecular formula is C15H20BrNO4. The number of carboxylic acids is 1. The molecule has 1 aliphatic rings. The lowest BCUT2D eigenvalue weighted by atomic mass is 10.2. The molecule has 1 N–H and O–H groups in total. The van der Waals surface area contributed by atoms with Gasteiger partial charge in [-0.3, -0.25) is 9.69 Å². The number of hydrogen-bond acceptors (Lipinski definition) is 4. The van der Waals surface area contributed by atoms with E-state index in [2.05, 4.69) is 15.9 Å². The fraction of sp³-hybridized carbons (Fsp3) is 0.533. The number of ether oxygens (including phenoxy) is 2. The molecule has 1 aromatic rings. The van der Waals surface area contributed by atoms with E-state index in [1.807, 2.05) is 24.0 Å². The van der Waals surface area contributed by atoms with Crippen molar-refractivity contribution in [3.8, 4) is 11.5 Å². The van der Waals surface area contributed by atoms with Crippen molar-refractivity contribution in [2.45, 2.75) is 26.3 Å². The summed E-state index contributed by atoms with van der Waals surface area (Å²) in [7, 11) is 0. The van der Waals surface area contributed by atoms with Crippen LogP contribution < -0.4 is 9.47 Å². The van der Waals surface area contributed by atoms with Crippen molar-refractivity contribution in [3.63, 3.8) is 0 Å². The molecule has 0 spiro atoms. The number of carbonyl (C=O) groups is 1. The summed E-state index contributed by atoms with van der Waals surface area (Å²) >= 11 is 3.51. The highest BCUT2D eigenvalue weighted by molar-refractivity contribution is 9.10. The van der Waals surface area contributed by atoms with Crippen LogP contribution in [0, 0.1) is 0 Å². The van der Waals surface area contributed by atoms with Crippen LogP contribution in [0.1, 0.15) is 25.3 Å². The molecule has 1 heterocycles. The molecule has 0 amide bonds. The van der Waals surface area contributed by atoms with Crippen LogP contribution in [0.5, 0.6) is 11.5 Å². The van der Waals surface area contributed by atoms with Gasteiger partial charge in [0.1, 0.15) is 0 Å². The van der Waals surface area contributed by atoms with Gasteiger partial charge in [-0.15, -0.1) is 0 Å². The normalized spacial score (nSPS) is 14.0. The number of aliphatic carboxylic acids is 1. The van der Waals surface area contributed by atoms with E-state index in [0.717, 1.165) is 40.9 Å². The first-order chi connectivity index (χ1) is 10.1. The third kappa shape index (κ3) is 4.61. The van der Waals surface area contributed by atoms with Crippen molar-refractivity contribution >= 4 is 21.9 Å². The lowest BCUT2D eigenvalue weighted by Gasteiger charge is -2.20. The Kier molecular flexibility index (Phi) is 5.87. The van der Waals surface area contributed by atoms with Crippen LogP contribution in [-0.4, -0.2) is 42.3 Å². The molecule has 0 saturated heterocycles. The first-order valence-electron chi connectivity index (χ1n) is 7.12. The van der Waals surface area contributed by atoms with Gasteiger partial charge in [-0.05, 0) is 46.6 Å². The Hall–Kier alpha value is -1.27. The Morgan fingerprint density at radius 2 is 2.14 bits per heavy atom. The van der Waals surface area contributed by atoms with E-state index in [1.165, 1.54) is 0 Å². The summed E-state index contributed by atoms with van der Waals surface area (Å²) in [6.07, 6.45) is 1.77. The van der Waals surface area contributed by atoms with Gasteiger partial charge in [0.25, 0.3) is 0 Å². The molecule has 2 rings (SSSR count). The highest BCUT2D eigenvalue weighted by Crippen LogP contribution is 2.38. The van der Waals surface area contributed by atoms with Crippen molar-refractivity contribution in [3.05, 3.63) is 22.2 Å². The zero-order valence-corrected chi connectivity index (χ0v) is 13.7. The average Bonchev–Trinajstić information content (AvgIpc) is 2.63. The topological polar surface area (TPSA) is 59.0 Å². The van der Waals surface area contributed by atoms with Crippen molar-refractivity contribution in [1.82, 2.24) is 4.90 Å². The van der Waals surface area contributed by atoms with E-state index in [9.17, 15) is 4.79 Å². The summed E-state index contributed by atoms with van der Waals surface area (Å²) < 4.78 is 12.2. The van der Waals surface area contributed by atoms with Gasteiger partial charge in [0.15, 0.2) is 11.5 Å². The summed E-state index contributed by atoms with van der Waals surface area (Å²) in [4.78, 5) is 12.8. The molecule has 116 valence electrons. The van der Waals surface area contributed by atoms with Gasteiger partial charge >= 0.3 is 5.97 Å². The van der Waals surface area contributed by atoms with Crippen LogP contribution in [0.2, 0.25) is 0 Å². The predicted molar refractivity (Wildman–Crippen MR) is 83.0 cm³/mol. The third-order valence-electron chi connectivity index (χ3n) is 3.17. The number of rotatable bonds is 6. The van der Waals surface area contributed by atoms with Crippen molar-refractivity contribution in [2.75, 3.05) is 26.3 Å². The van der Waals surface area contributed by atoms with Gasteiger partial charge in [-0.2, -0.15) is 0 Å². The second-order valence-electron chi connectivity index (χ2n) is 5.06. The van der Waals surface area contributed by atoms with Crippen LogP contribution in [0.15, 0.2) is 16.6 Å². The Bertz CT molecular complexity index is 507. The van der Waals surface area contributed by atoms with Crippen LogP contribution in [-0.2, 0) is 11.3 Å². The van der Waals surface area contributed by atoms with Gasteiger partial charge in [0, 0.05) is 13.0 Å². The minimum Gasteiger partial charge on any atom is -0.490 e. The van der Waals surface area contributed by atoms with Crippen LogP contribution in [0.25, 0.3) is 0 Å². The van der Waals surface area contributed by atoms with Gasteiger partial charge in [0.05, 0.1) is 24.2 Å². The SMILES string of the molecule is CCCN(CC(=O)O)Cc1cc(Br)c2c(c1)OCCCO2. The minimum absolute atomic E-state index is 0.0416. The Morgan fingerprint density at radius 1 is 1.38 bits per heavy atom. The summed E-state index contributed by atoms with van der Waals surface area (Å²) in [5.41, 5.74) is 1.01. The zero-order valence-electron chi connectivity index (χ0n) is 12.1. The van der Waals surface area contributed by atoms with E-state index in [-0.39, 0.29) is 6.54 Å². The molecule has 0 unspecified atom stereocenters. The molecule has 0 radical (unpaired) electrons. The molecule has 1 aliphatic heterocycles. The molecule has 5 nitrogen and oxygen atoms in total.